The number of ether oxygens (including phenoxy) is 1. The van der Waals surface area contributed by atoms with Crippen LogP contribution in [-0.2, 0) is 14.8 Å². The maximum Gasteiger partial charge on any atom is 0.214 e. The van der Waals surface area contributed by atoms with E-state index in [1.54, 1.807) is 4.31 Å². The van der Waals surface area contributed by atoms with Gasteiger partial charge in [0.25, 0.3) is 0 Å². The molecule has 1 unspecified atom stereocenters. The van der Waals surface area contributed by atoms with E-state index in [0.29, 0.717) is 31.7 Å². The summed E-state index contributed by atoms with van der Waals surface area (Å²) in [6.07, 6.45) is 10.5. The number of hydrogen-bond donors (Lipinski definition) is 0. The van der Waals surface area contributed by atoms with Crippen molar-refractivity contribution in [2.75, 3.05) is 25.4 Å². The van der Waals surface area contributed by atoms with Crippen molar-refractivity contribution in [2.24, 2.45) is 5.92 Å². The Morgan fingerprint density at radius 3 is 2.44 bits per heavy atom. The Bertz CT molecular complexity index is 621. The molecule has 0 bridgehead atoms. The first-order valence-corrected chi connectivity index (χ1v) is 11.1. The van der Waals surface area contributed by atoms with Crippen molar-refractivity contribution in [3.05, 3.63) is 30.1 Å². The minimum atomic E-state index is -3.19. The molecule has 1 saturated carbocycles. The van der Waals surface area contributed by atoms with Gasteiger partial charge in [-0.25, -0.2) is 12.7 Å². The second kappa shape index (κ2) is 8.60. The zero-order chi connectivity index (χ0) is 17.7. The smallest absolute Gasteiger partial charge is 0.214 e. The van der Waals surface area contributed by atoms with Crippen LogP contribution in [0.2, 0.25) is 0 Å². The molecule has 0 aromatic carbocycles. The first-order chi connectivity index (χ1) is 12.0. The molecule has 1 atom stereocenters. The van der Waals surface area contributed by atoms with E-state index in [2.05, 4.69) is 4.98 Å². The van der Waals surface area contributed by atoms with E-state index < -0.39 is 10.0 Å². The van der Waals surface area contributed by atoms with Crippen LogP contribution in [0.5, 0.6) is 0 Å². The lowest BCUT2D eigenvalue weighted by Gasteiger charge is -2.32. The monoisotopic (exact) mass is 366 g/mol. The lowest BCUT2D eigenvalue weighted by Crippen LogP contribution is -2.40. The molecule has 140 valence electrons. The van der Waals surface area contributed by atoms with Gasteiger partial charge in [-0.1, -0.05) is 19.8 Å². The fraction of sp³-hybridized carbons (Fsp3) is 0.737. The minimum Gasteiger partial charge on any atom is -0.378 e. The van der Waals surface area contributed by atoms with Crippen molar-refractivity contribution in [1.29, 1.82) is 0 Å². The Labute approximate surface area is 151 Å². The number of nitrogens with zero attached hydrogens (tertiary/aromatic N) is 2. The minimum absolute atomic E-state index is 0.0449. The van der Waals surface area contributed by atoms with Gasteiger partial charge in [0, 0.05) is 25.5 Å². The highest BCUT2D eigenvalue weighted by Crippen LogP contribution is 2.29. The molecule has 1 aliphatic heterocycles. The van der Waals surface area contributed by atoms with E-state index in [4.69, 9.17) is 4.74 Å². The van der Waals surface area contributed by atoms with Gasteiger partial charge in [0.05, 0.1) is 18.5 Å². The van der Waals surface area contributed by atoms with E-state index in [9.17, 15) is 8.42 Å². The third kappa shape index (κ3) is 5.25. The zero-order valence-corrected chi connectivity index (χ0v) is 16.0. The van der Waals surface area contributed by atoms with Crippen LogP contribution >= 0.6 is 0 Å². The largest absolute Gasteiger partial charge is 0.378 e. The van der Waals surface area contributed by atoms with Crippen molar-refractivity contribution in [2.45, 2.75) is 57.5 Å². The Morgan fingerprint density at radius 2 is 1.80 bits per heavy atom. The molecule has 1 aliphatic carbocycles. The van der Waals surface area contributed by atoms with Gasteiger partial charge >= 0.3 is 0 Å². The van der Waals surface area contributed by atoms with Crippen LogP contribution in [0.3, 0.4) is 0 Å². The summed E-state index contributed by atoms with van der Waals surface area (Å²) in [5, 5.41) is 0. The second-order valence-corrected chi connectivity index (χ2v) is 9.59. The summed E-state index contributed by atoms with van der Waals surface area (Å²) in [5.74, 6) is 0.681. The molecule has 1 aromatic rings. The second-order valence-electron chi connectivity index (χ2n) is 7.58. The normalized spacial score (nSPS) is 22.3. The highest BCUT2D eigenvalue weighted by Gasteiger charge is 2.30. The SMILES string of the molecule is CC(COC1CCCC1)CS(=O)(=O)N1CCC(c2ccncc2)CC1. The standard InChI is InChI=1S/C19H30N2O3S/c1-16(14-24-19-4-2-3-5-19)15-25(22,23)21-12-8-18(9-13-21)17-6-10-20-11-7-17/h6-7,10-11,16,18-19H,2-5,8-9,12-15H2,1H3. The van der Waals surface area contributed by atoms with Gasteiger partial charge in [-0.15, -0.1) is 0 Å². The maximum absolute atomic E-state index is 12.7. The van der Waals surface area contributed by atoms with Crippen LogP contribution in [0.25, 0.3) is 0 Å². The van der Waals surface area contributed by atoms with E-state index in [-0.39, 0.29) is 11.7 Å². The van der Waals surface area contributed by atoms with Crippen LogP contribution in [0, 0.1) is 5.92 Å². The molecule has 2 fully saturated rings. The molecule has 1 aromatic heterocycles. The summed E-state index contributed by atoms with van der Waals surface area (Å²) in [7, 11) is -3.19. The Balaban J connectivity index is 1.46. The van der Waals surface area contributed by atoms with Crippen LogP contribution in [0.4, 0.5) is 0 Å². The molecule has 2 aliphatic rings. The lowest BCUT2D eigenvalue weighted by molar-refractivity contribution is 0.0410. The highest BCUT2D eigenvalue weighted by molar-refractivity contribution is 7.89. The Hall–Kier alpha value is -0.980. The molecule has 3 rings (SSSR count). The van der Waals surface area contributed by atoms with E-state index >= 15 is 0 Å². The average Bonchev–Trinajstić information content (AvgIpc) is 3.14. The predicted octanol–water partition coefficient (Wildman–Crippen LogP) is 3.19. The van der Waals surface area contributed by atoms with Crippen LogP contribution < -0.4 is 0 Å². The van der Waals surface area contributed by atoms with Gasteiger partial charge in [-0.05, 0) is 55.2 Å². The molecule has 6 heteroatoms. The van der Waals surface area contributed by atoms with Crippen molar-refractivity contribution in [1.82, 2.24) is 9.29 Å². The first kappa shape index (κ1) is 18.8. The fourth-order valence-corrected chi connectivity index (χ4v) is 5.76. The molecule has 1 saturated heterocycles. The van der Waals surface area contributed by atoms with Gasteiger partial charge in [-0.2, -0.15) is 0 Å². The number of rotatable bonds is 7. The van der Waals surface area contributed by atoms with Crippen LogP contribution in [0.15, 0.2) is 24.5 Å². The van der Waals surface area contributed by atoms with Crippen LogP contribution in [-0.4, -0.2) is 49.3 Å². The summed E-state index contributed by atoms with van der Waals surface area (Å²) in [5.41, 5.74) is 1.27. The average molecular weight is 367 g/mol. The van der Waals surface area contributed by atoms with Gasteiger partial charge in [-0.3, -0.25) is 4.98 Å². The Morgan fingerprint density at radius 1 is 1.16 bits per heavy atom. The summed E-state index contributed by atoms with van der Waals surface area (Å²) < 4.78 is 33.0. The molecule has 0 spiro atoms. The molecule has 25 heavy (non-hydrogen) atoms. The summed E-state index contributed by atoms with van der Waals surface area (Å²) >= 11 is 0. The van der Waals surface area contributed by atoms with E-state index in [1.165, 1.54) is 18.4 Å². The van der Waals surface area contributed by atoms with Crippen molar-refractivity contribution >= 4 is 10.0 Å². The summed E-state index contributed by atoms with van der Waals surface area (Å²) in [4.78, 5) is 4.05. The van der Waals surface area contributed by atoms with Gasteiger partial charge in [0.2, 0.25) is 10.0 Å². The third-order valence-corrected chi connectivity index (χ3v) is 7.58. The van der Waals surface area contributed by atoms with Crippen molar-refractivity contribution in [3.63, 3.8) is 0 Å². The third-order valence-electron chi connectivity index (χ3n) is 5.44. The lowest BCUT2D eigenvalue weighted by atomic mass is 9.91. The predicted molar refractivity (Wildman–Crippen MR) is 98.9 cm³/mol. The molecule has 0 amide bonds. The molecular formula is C19H30N2O3S. The summed E-state index contributed by atoms with van der Waals surface area (Å²) in [6.45, 7) is 3.77. The van der Waals surface area contributed by atoms with Gasteiger partial charge in [0.1, 0.15) is 0 Å². The topological polar surface area (TPSA) is 59.5 Å². The number of sulfonamides is 1. The number of pyridine rings is 1. The number of piperidine rings is 1. The Kier molecular flexibility index (Phi) is 6.47. The van der Waals surface area contributed by atoms with E-state index in [0.717, 1.165) is 25.7 Å². The number of hydrogen-bond acceptors (Lipinski definition) is 4. The van der Waals surface area contributed by atoms with E-state index in [1.807, 2.05) is 31.5 Å². The number of aromatic nitrogens is 1. The summed E-state index contributed by atoms with van der Waals surface area (Å²) in [6, 6.07) is 4.08. The highest BCUT2D eigenvalue weighted by atomic mass is 32.2. The molecular weight excluding hydrogens is 336 g/mol. The molecule has 0 N–H and O–H groups in total. The molecule has 5 nitrogen and oxygen atoms in total. The van der Waals surface area contributed by atoms with Gasteiger partial charge < -0.3 is 4.74 Å². The fourth-order valence-electron chi connectivity index (χ4n) is 3.97. The molecule has 2 heterocycles. The first-order valence-electron chi connectivity index (χ1n) is 9.54. The van der Waals surface area contributed by atoms with Crippen molar-refractivity contribution in [3.8, 4) is 0 Å². The zero-order valence-electron chi connectivity index (χ0n) is 15.1. The quantitative estimate of drug-likeness (QED) is 0.744. The molecule has 0 radical (unpaired) electrons. The van der Waals surface area contributed by atoms with Crippen LogP contribution in [0.1, 0.15) is 56.9 Å². The maximum atomic E-state index is 12.7. The van der Waals surface area contributed by atoms with Crippen molar-refractivity contribution < 1.29 is 13.2 Å². The van der Waals surface area contributed by atoms with Gasteiger partial charge in [0.15, 0.2) is 0 Å².